The molecule has 0 aliphatic heterocycles. The summed E-state index contributed by atoms with van der Waals surface area (Å²) in [6.07, 6.45) is 0. The summed E-state index contributed by atoms with van der Waals surface area (Å²) in [5.74, 6) is -0.430. The highest BCUT2D eigenvalue weighted by Gasteiger charge is 2.02. The smallest absolute Gasteiger partial charge is 0.304 e. The third kappa shape index (κ3) is 2.54. The number of nitrogens with two attached hydrogens (primary N) is 1. The number of benzene rings is 2. The standard InChI is InChI=1S/C13H12BNO2/c15-13(16)10-6-4-9(5-7-10)11-2-1-3-12(8-11)14-17/h1-8,14,17H,(H2,15,16). The van der Waals surface area contributed by atoms with Crippen LogP contribution < -0.4 is 11.2 Å². The van der Waals surface area contributed by atoms with Crippen molar-refractivity contribution in [3.8, 4) is 11.1 Å². The van der Waals surface area contributed by atoms with E-state index in [2.05, 4.69) is 0 Å². The van der Waals surface area contributed by atoms with Crippen LogP contribution in [0.5, 0.6) is 0 Å². The first-order chi connectivity index (χ1) is 8.20. The van der Waals surface area contributed by atoms with Gasteiger partial charge in [0.2, 0.25) is 5.91 Å². The highest BCUT2D eigenvalue weighted by atomic mass is 16.2. The molecule has 0 saturated carbocycles. The molecule has 0 aliphatic rings. The highest BCUT2D eigenvalue weighted by Crippen LogP contribution is 2.18. The molecule has 0 unspecified atom stereocenters. The molecule has 17 heavy (non-hydrogen) atoms. The van der Waals surface area contributed by atoms with E-state index in [0.717, 1.165) is 16.6 Å². The Bertz CT molecular complexity index is 537. The van der Waals surface area contributed by atoms with Gasteiger partial charge in [0, 0.05) is 5.56 Å². The molecule has 0 bridgehead atoms. The van der Waals surface area contributed by atoms with Crippen LogP contribution in [0.2, 0.25) is 0 Å². The second-order valence-corrected chi connectivity index (χ2v) is 3.80. The van der Waals surface area contributed by atoms with Crippen molar-refractivity contribution in [2.75, 3.05) is 0 Å². The average molecular weight is 225 g/mol. The van der Waals surface area contributed by atoms with Crippen molar-refractivity contribution < 1.29 is 9.82 Å². The highest BCUT2D eigenvalue weighted by molar-refractivity contribution is 6.45. The molecule has 1 amide bonds. The number of hydrogen-bond acceptors (Lipinski definition) is 2. The zero-order valence-corrected chi connectivity index (χ0v) is 9.26. The predicted octanol–water partition coefficient (Wildman–Crippen LogP) is 0.422. The fourth-order valence-corrected chi connectivity index (χ4v) is 1.68. The molecule has 0 saturated heterocycles. The number of carbonyl (C=O) groups is 1. The van der Waals surface area contributed by atoms with Crippen molar-refractivity contribution in [1.82, 2.24) is 0 Å². The number of hydrogen-bond donors (Lipinski definition) is 2. The molecular weight excluding hydrogens is 213 g/mol. The quantitative estimate of drug-likeness (QED) is 0.743. The van der Waals surface area contributed by atoms with Gasteiger partial charge < -0.3 is 10.8 Å². The van der Waals surface area contributed by atoms with E-state index in [-0.39, 0.29) is 7.48 Å². The lowest BCUT2D eigenvalue weighted by Crippen LogP contribution is -2.12. The third-order valence-electron chi connectivity index (χ3n) is 2.61. The average Bonchev–Trinajstić information content (AvgIpc) is 2.39. The summed E-state index contributed by atoms with van der Waals surface area (Å²) in [5.41, 5.74) is 8.53. The summed E-state index contributed by atoms with van der Waals surface area (Å²) in [5, 5.41) is 9.06. The number of amides is 1. The van der Waals surface area contributed by atoms with Crippen LogP contribution in [0.25, 0.3) is 11.1 Å². The molecule has 2 aromatic carbocycles. The Hall–Kier alpha value is -2.07. The van der Waals surface area contributed by atoms with Gasteiger partial charge in [-0.3, -0.25) is 4.79 Å². The molecule has 84 valence electrons. The van der Waals surface area contributed by atoms with E-state index < -0.39 is 5.91 Å². The first kappa shape index (κ1) is 11.4. The van der Waals surface area contributed by atoms with Crippen molar-refractivity contribution >= 4 is 18.9 Å². The maximum atomic E-state index is 10.9. The van der Waals surface area contributed by atoms with E-state index in [9.17, 15) is 4.79 Å². The van der Waals surface area contributed by atoms with Gasteiger partial charge in [-0.25, -0.2) is 0 Å². The van der Waals surface area contributed by atoms with Gasteiger partial charge in [0.05, 0.1) is 0 Å². The molecular formula is C13H12BNO2. The van der Waals surface area contributed by atoms with Crippen LogP contribution in [-0.2, 0) is 0 Å². The van der Waals surface area contributed by atoms with Gasteiger partial charge >= 0.3 is 7.48 Å². The first-order valence-electron chi connectivity index (χ1n) is 5.31. The lowest BCUT2D eigenvalue weighted by Gasteiger charge is -2.04. The van der Waals surface area contributed by atoms with Crippen molar-refractivity contribution in [3.63, 3.8) is 0 Å². The molecule has 2 aromatic rings. The lowest BCUT2D eigenvalue weighted by molar-refractivity contribution is 0.100. The molecule has 3 N–H and O–H groups in total. The molecule has 0 aromatic heterocycles. The number of carbonyl (C=O) groups excluding carboxylic acids is 1. The van der Waals surface area contributed by atoms with Gasteiger partial charge in [-0.05, 0) is 23.3 Å². The maximum absolute atomic E-state index is 10.9. The molecule has 0 aliphatic carbocycles. The molecule has 0 fully saturated rings. The minimum Gasteiger partial charge on any atom is -0.449 e. The Balaban J connectivity index is 2.36. The monoisotopic (exact) mass is 225 g/mol. The topological polar surface area (TPSA) is 63.3 Å². The largest absolute Gasteiger partial charge is 0.449 e. The van der Waals surface area contributed by atoms with Gasteiger partial charge in [0.15, 0.2) is 0 Å². The van der Waals surface area contributed by atoms with Crippen LogP contribution in [0, 0.1) is 0 Å². The van der Waals surface area contributed by atoms with E-state index in [1.54, 1.807) is 12.1 Å². The number of primary amides is 1. The van der Waals surface area contributed by atoms with Gasteiger partial charge in [0.25, 0.3) is 0 Å². The van der Waals surface area contributed by atoms with E-state index in [1.165, 1.54) is 0 Å². The van der Waals surface area contributed by atoms with Gasteiger partial charge in [-0.2, -0.15) is 0 Å². The normalized spacial score (nSPS) is 9.94. The van der Waals surface area contributed by atoms with E-state index in [4.69, 9.17) is 10.8 Å². The van der Waals surface area contributed by atoms with Crippen LogP contribution in [0.1, 0.15) is 10.4 Å². The minimum atomic E-state index is -0.430. The lowest BCUT2D eigenvalue weighted by atomic mass is 9.86. The minimum absolute atomic E-state index is 0.0210. The molecule has 4 heteroatoms. The van der Waals surface area contributed by atoms with Crippen molar-refractivity contribution in [3.05, 3.63) is 54.1 Å². The van der Waals surface area contributed by atoms with Crippen molar-refractivity contribution in [2.45, 2.75) is 0 Å². The third-order valence-corrected chi connectivity index (χ3v) is 2.61. The van der Waals surface area contributed by atoms with E-state index in [0.29, 0.717) is 5.56 Å². The SMILES string of the molecule is NC(=O)c1ccc(-c2cccc(BO)c2)cc1. The van der Waals surface area contributed by atoms with Crippen LogP contribution in [0.15, 0.2) is 48.5 Å². The first-order valence-corrected chi connectivity index (χ1v) is 5.31. The van der Waals surface area contributed by atoms with Crippen molar-refractivity contribution in [2.24, 2.45) is 5.73 Å². The fraction of sp³-hybridized carbons (Fsp3) is 0. The van der Waals surface area contributed by atoms with Crippen LogP contribution in [0.3, 0.4) is 0 Å². The van der Waals surface area contributed by atoms with Crippen LogP contribution in [-0.4, -0.2) is 18.4 Å². The van der Waals surface area contributed by atoms with E-state index >= 15 is 0 Å². The zero-order chi connectivity index (χ0) is 12.3. The molecule has 0 heterocycles. The Labute approximate surface area is 100 Å². The Morgan fingerprint density at radius 2 is 1.76 bits per heavy atom. The maximum Gasteiger partial charge on any atom is 0.304 e. The van der Waals surface area contributed by atoms with Gasteiger partial charge in [-0.1, -0.05) is 41.9 Å². The predicted molar refractivity (Wildman–Crippen MR) is 69.4 cm³/mol. The fourth-order valence-electron chi connectivity index (χ4n) is 1.68. The Kier molecular flexibility index (Phi) is 3.26. The summed E-state index contributed by atoms with van der Waals surface area (Å²) in [6, 6.07) is 14.7. The molecule has 0 spiro atoms. The molecule has 2 rings (SSSR count). The molecule has 0 radical (unpaired) electrons. The zero-order valence-electron chi connectivity index (χ0n) is 9.26. The number of rotatable bonds is 3. The van der Waals surface area contributed by atoms with Crippen molar-refractivity contribution in [1.29, 1.82) is 0 Å². The van der Waals surface area contributed by atoms with Crippen LogP contribution >= 0.6 is 0 Å². The van der Waals surface area contributed by atoms with Crippen LogP contribution in [0.4, 0.5) is 0 Å². The summed E-state index contributed by atoms with van der Waals surface area (Å²) >= 11 is 0. The van der Waals surface area contributed by atoms with E-state index in [1.807, 2.05) is 36.4 Å². The molecule has 3 nitrogen and oxygen atoms in total. The second-order valence-electron chi connectivity index (χ2n) is 3.80. The Morgan fingerprint density at radius 3 is 2.35 bits per heavy atom. The molecule has 0 atom stereocenters. The summed E-state index contributed by atoms with van der Waals surface area (Å²) < 4.78 is 0. The summed E-state index contributed by atoms with van der Waals surface area (Å²) in [7, 11) is 0.0210. The van der Waals surface area contributed by atoms with Gasteiger partial charge in [0.1, 0.15) is 0 Å². The van der Waals surface area contributed by atoms with Gasteiger partial charge in [-0.15, -0.1) is 0 Å². The summed E-state index contributed by atoms with van der Waals surface area (Å²) in [6.45, 7) is 0. The Morgan fingerprint density at radius 1 is 1.06 bits per heavy atom. The summed E-state index contributed by atoms with van der Waals surface area (Å²) in [4.78, 5) is 10.9. The second kappa shape index (κ2) is 4.85.